The Hall–Kier alpha value is -1.29. The maximum Gasteiger partial charge on any atom is 0.241 e. The number of hydrogen-bond acceptors (Lipinski definition) is 4. The lowest BCUT2D eigenvalue weighted by atomic mass is 10.3. The van der Waals surface area contributed by atoms with Crippen LogP contribution in [-0.4, -0.2) is 55.6 Å². The summed E-state index contributed by atoms with van der Waals surface area (Å²) in [5, 5.41) is 9.95. The number of aromatic nitrogens is 1. The minimum atomic E-state index is -0.0805. The van der Waals surface area contributed by atoms with Crippen molar-refractivity contribution < 1.29 is 4.79 Å². The van der Waals surface area contributed by atoms with Crippen molar-refractivity contribution in [3.8, 4) is 0 Å². The van der Waals surface area contributed by atoms with Crippen LogP contribution in [0.5, 0.6) is 0 Å². The second kappa shape index (κ2) is 11.3. The van der Waals surface area contributed by atoms with Crippen molar-refractivity contribution in [3.05, 3.63) is 23.4 Å². The van der Waals surface area contributed by atoms with Crippen molar-refractivity contribution in [2.45, 2.75) is 26.3 Å². The van der Waals surface area contributed by atoms with Gasteiger partial charge < -0.3 is 20.9 Å². The van der Waals surface area contributed by atoms with Crippen molar-refractivity contribution in [2.24, 2.45) is 4.99 Å². The lowest BCUT2D eigenvalue weighted by molar-refractivity contribution is -0.119. The molecule has 2 rings (SSSR count). The first-order chi connectivity index (χ1) is 11.6. The van der Waals surface area contributed by atoms with E-state index in [1.807, 2.05) is 26.0 Å². The molecule has 3 N–H and O–H groups in total. The van der Waals surface area contributed by atoms with Crippen molar-refractivity contribution in [1.82, 2.24) is 20.9 Å². The number of carbonyl (C=O) groups excluding carboxylic acids is 1. The van der Waals surface area contributed by atoms with Crippen molar-refractivity contribution in [3.63, 3.8) is 0 Å². The van der Waals surface area contributed by atoms with Gasteiger partial charge in [-0.15, -0.1) is 24.0 Å². The highest BCUT2D eigenvalue weighted by atomic mass is 127. The Morgan fingerprint density at radius 3 is 2.84 bits per heavy atom. The van der Waals surface area contributed by atoms with Crippen LogP contribution in [0.25, 0.3) is 0 Å². The molecule has 140 valence electrons. The van der Waals surface area contributed by atoms with Gasteiger partial charge in [0.25, 0.3) is 0 Å². The highest BCUT2D eigenvalue weighted by Crippen LogP contribution is 2.25. The summed E-state index contributed by atoms with van der Waals surface area (Å²) < 4.78 is 0. The van der Waals surface area contributed by atoms with E-state index in [0.717, 1.165) is 31.9 Å². The molecular formula is C16H26ClIN6O. The van der Waals surface area contributed by atoms with Crippen molar-refractivity contribution in [2.75, 3.05) is 37.6 Å². The molecular weight excluding hydrogens is 455 g/mol. The van der Waals surface area contributed by atoms with Crippen LogP contribution in [0.2, 0.25) is 5.02 Å². The first kappa shape index (κ1) is 21.8. The van der Waals surface area contributed by atoms with Gasteiger partial charge in [0.15, 0.2) is 5.96 Å². The van der Waals surface area contributed by atoms with E-state index < -0.39 is 0 Å². The van der Waals surface area contributed by atoms with Crippen LogP contribution in [0, 0.1) is 0 Å². The number of rotatable bonds is 6. The summed E-state index contributed by atoms with van der Waals surface area (Å²) in [5.41, 5.74) is 0. The molecule has 1 amide bonds. The molecule has 2 heterocycles. The second-order valence-electron chi connectivity index (χ2n) is 5.53. The molecule has 0 radical (unpaired) electrons. The fourth-order valence-corrected chi connectivity index (χ4v) is 2.84. The summed E-state index contributed by atoms with van der Waals surface area (Å²) in [7, 11) is 0. The maximum absolute atomic E-state index is 11.6. The number of likely N-dealkylation sites (N-methyl/N-ethyl adjacent to an activating group) is 1. The molecule has 0 spiro atoms. The number of nitrogens with one attached hydrogen (secondary N) is 3. The smallest absolute Gasteiger partial charge is 0.241 e. The number of carbonyl (C=O) groups is 1. The van der Waals surface area contributed by atoms with Gasteiger partial charge in [0.2, 0.25) is 5.91 Å². The fraction of sp³-hybridized carbons (Fsp3) is 0.562. The molecule has 1 unspecified atom stereocenters. The zero-order valence-electron chi connectivity index (χ0n) is 14.6. The molecule has 1 aromatic rings. The van der Waals surface area contributed by atoms with Gasteiger partial charge in [0, 0.05) is 38.4 Å². The third kappa shape index (κ3) is 6.85. The van der Waals surface area contributed by atoms with E-state index in [1.165, 1.54) is 0 Å². The Balaban J connectivity index is 0.00000312. The first-order valence-corrected chi connectivity index (χ1v) is 8.68. The van der Waals surface area contributed by atoms with E-state index in [1.54, 1.807) is 6.20 Å². The maximum atomic E-state index is 11.6. The highest BCUT2D eigenvalue weighted by molar-refractivity contribution is 14.0. The normalized spacial score (nSPS) is 17.0. The zero-order chi connectivity index (χ0) is 17.4. The van der Waals surface area contributed by atoms with Gasteiger partial charge in [0.1, 0.15) is 12.4 Å². The van der Waals surface area contributed by atoms with Crippen molar-refractivity contribution in [1.29, 1.82) is 0 Å². The van der Waals surface area contributed by atoms with Gasteiger partial charge in [-0.05, 0) is 32.4 Å². The van der Waals surface area contributed by atoms with E-state index in [9.17, 15) is 4.79 Å². The van der Waals surface area contributed by atoms with Crippen LogP contribution < -0.4 is 20.9 Å². The van der Waals surface area contributed by atoms with Crippen LogP contribution in [0.3, 0.4) is 0 Å². The van der Waals surface area contributed by atoms with Crippen LogP contribution in [0.4, 0.5) is 5.82 Å². The standard InChI is InChI=1S/C16H25ClN6O.HI/c1-3-18-14(24)10-21-16(19-4-2)22-12-7-9-23(11-12)15-13(17)6-5-8-20-15;/h5-6,8,12H,3-4,7,9-11H2,1-2H3,(H,18,24)(H2,19,21,22);1H. The lowest BCUT2D eigenvalue weighted by Gasteiger charge is -2.20. The predicted octanol–water partition coefficient (Wildman–Crippen LogP) is 1.62. The van der Waals surface area contributed by atoms with Gasteiger partial charge in [-0.25, -0.2) is 9.98 Å². The molecule has 9 heteroatoms. The molecule has 0 aliphatic carbocycles. The van der Waals surface area contributed by atoms with Crippen molar-refractivity contribution >= 4 is 53.3 Å². The Labute approximate surface area is 171 Å². The number of hydrogen-bond donors (Lipinski definition) is 3. The topological polar surface area (TPSA) is 81.6 Å². The third-order valence-corrected chi connectivity index (χ3v) is 3.96. The first-order valence-electron chi connectivity index (χ1n) is 8.31. The van der Waals surface area contributed by atoms with E-state index in [-0.39, 0.29) is 42.5 Å². The van der Waals surface area contributed by atoms with E-state index in [4.69, 9.17) is 11.6 Å². The summed E-state index contributed by atoms with van der Waals surface area (Å²) in [6, 6.07) is 3.91. The summed E-state index contributed by atoms with van der Waals surface area (Å²) in [4.78, 5) is 22.4. The molecule has 0 bridgehead atoms. The number of nitrogens with zero attached hydrogens (tertiary/aromatic N) is 3. The second-order valence-corrected chi connectivity index (χ2v) is 5.94. The fourth-order valence-electron chi connectivity index (χ4n) is 2.60. The monoisotopic (exact) mass is 480 g/mol. The molecule has 1 atom stereocenters. The molecule has 1 fully saturated rings. The molecule has 1 aliphatic rings. The van der Waals surface area contributed by atoms with Gasteiger partial charge in [0.05, 0.1) is 5.02 Å². The van der Waals surface area contributed by atoms with Gasteiger partial charge in [-0.3, -0.25) is 4.79 Å². The summed E-state index contributed by atoms with van der Waals surface area (Å²) >= 11 is 6.22. The largest absolute Gasteiger partial charge is 0.357 e. The molecule has 1 aromatic heterocycles. The number of pyridine rings is 1. The summed E-state index contributed by atoms with van der Waals surface area (Å²) in [6.07, 6.45) is 2.71. The Morgan fingerprint density at radius 1 is 1.40 bits per heavy atom. The van der Waals surface area contributed by atoms with Crippen LogP contribution >= 0.6 is 35.6 Å². The number of anilines is 1. The van der Waals surface area contributed by atoms with Gasteiger partial charge in [-0.1, -0.05) is 11.6 Å². The minimum Gasteiger partial charge on any atom is -0.357 e. The number of halogens is 2. The third-order valence-electron chi connectivity index (χ3n) is 3.67. The predicted molar refractivity (Wildman–Crippen MR) is 113 cm³/mol. The molecule has 1 saturated heterocycles. The molecule has 25 heavy (non-hydrogen) atoms. The summed E-state index contributed by atoms with van der Waals surface area (Å²) in [6.45, 7) is 7.03. The quantitative estimate of drug-likeness (QED) is 0.328. The highest BCUT2D eigenvalue weighted by Gasteiger charge is 2.25. The number of guanidine groups is 1. The Bertz CT molecular complexity index is 585. The molecule has 0 aromatic carbocycles. The molecule has 1 aliphatic heterocycles. The molecule has 7 nitrogen and oxygen atoms in total. The Morgan fingerprint density at radius 2 is 2.16 bits per heavy atom. The number of amides is 1. The lowest BCUT2D eigenvalue weighted by Crippen LogP contribution is -2.45. The Kier molecular flexibility index (Phi) is 9.88. The summed E-state index contributed by atoms with van der Waals surface area (Å²) in [5.74, 6) is 1.39. The molecule has 0 saturated carbocycles. The van der Waals surface area contributed by atoms with Crippen LogP contribution in [0.1, 0.15) is 20.3 Å². The van der Waals surface area contributed by atoms with Gasteiger partial charge >= 0.3 is 0 Å². The van der Waals surface area contributed by atoms with Crippen LogP contribution in [0.15, 0.2) is 23.3 Å². The van der Waals surface area contributed by atoms with Crippen LogP contribution in [-0.2, 0) is 4.79 Å². The number of aliphatic imine (C=N–C) groups is 1. The van der Waals surface area contributed by atoms with E-state index in [0.29, 0.717) is 17.5 Å². The van der Waals surface area contributed by atoms with Gasteiger partial charge in [-0.2, -0.15) is 0 Å². The van der Waals surface area contributed by atoms with E-state index >= 15 is 0 Å². The van der Waals surface area contributed by atoms with E-state index in [2.05, 4.69) is 30.8 Å². The zero-order valence-corrected chi connectivity index (χ0v) is 17.7. The average molecular weight is 481 g/mol. The SMILES string of the molecule is CCNC(=O)CN=C(NCC)NC1CCN(c2ncccc2Cl)C1.I. The average Bonchev–Trinajstić information content (AvgIpc) is 3.02. The minimum absolute atomic E-state index is 0.